The number of benzene rings is 1. The third-order valence-corrected chi connectivity index (χ3v) is 4.62. The first kappa shape index (κ1) is 15.9. The molecule has 1 heterocycles. The van der Waals surface area contributed by atoms with E-state index in [0.29, 0.717) is 11.7 Å². The van der Waals surface area contributed by atoms with Crippen LogP contribution in [0.1, 0.15) is 41.7 Å². The molecule has 23 heavy (non-hydrogen) atoms. The second-order valence-electron chi connectivity index (χ2n) is 5.85. The summed E-state index contributed by atoms with van der Waals surface area (Å²) in [5.41, 5.74) is 2.14. The fourth-order valence-corrected chi connectivity index (χ4v) is 3.30. The fraction of sp³-hybridized carbons (Fsp3) is 0.353. The minimum Gasteiger partial charge on any atom is -0.366 e. The largest absolute Gasteiger partial charge is 0.366 e. The van der Waals surface area contributed by atoms with Gasteiger partial charge in [-0.3, -0.25) is 4.79 Å². The number of carbonyl (C=O) groups excluding carboxylic acids is 1. The van der Waals surface area contributed by atoms with E-state index in [9.17, 15) is 4.79 Å². The lowest BCUT2D eigenvalue weighted by Gasteiger charge is -2.12. The van der Waals surface area contributed by atoms with Crippen molar-refractivity contribution in [3.8, 4) is 0 Å². The van der Waals surface area contributed by atoms with Crippen molar-refractivity contribution in [2.75, 3.05) is 10.6 Å². The molecule has 1 aliphatic rings. The van der Waals surface area contributed by atoms with Crippen LogP contribution in [0.3, 0.4) is 0 Å². The summed E-state index contributed by atoms with van der Waals surface area (Å²) in [7, 11) is 0. The summed E-state index contributed by atoms with van der Waals surface area (Å²) in [4.78, 5) is 20.8. The van der Waals surface area contributed by atoms with E-state index >= 15 is 0 Å². The van der Waals surface area contributed by atoms with Crippen molar-refractivity contribution in [3.05, 3.63) is 46.3 Å². The Morgan fingerprint density at radius 2 is 2.00 bits per heavy atom. The van der Waals surface area contributed by atoms with Gasteiger partial charge < -0.3 is 10.6 Å². The normalized spacial score (nSPS) is 14.7. The SMILES string of the molecule is Cc1ccc(NC(=O)c2cnc(NC3CCCC3)cn2)c(Br)c1. The van der Waals surface area contributed by atoms with Crippen molar-refractivity contribution in [1.29, 1.82) is 0 Å². The van der Waals surface area contributed by atoms with Crippen LogP contribution in [0.15, 0.2) is 35.1 Å². The molecule has 2 N–H and O–H groups in total. The first-order chi connectivity index (χ1) is 11.1. The molecule has 120 valence electrons. The van der Waals surface area contributed by atoms with Crippen LogP contribution in [0.2, 0.25) is 0 Å². The second-order valence-corrected chi connectivity index (χ2v) is 6.70. The van der Waals surface area contributed by atoms with Crippen LogP contribution < -0.4 is 10.6 Å². The quantitative estimate of drug-likeness (QED) is 0.843. The first-order valence-corrected chi connectivity index (χ1v) is 8.57. The van der Waals surface area contributed by atoms with E-state index in [4.69, 9.17) is 0 Å². The number of nitrogens with zero attached hydrogens (tertiary/aromatic N) is 2. The maximum Gasteiger partial charge on any atom is 0.275 e. The number of amides is 1. The van der Waals surface area contributed by atoms with E-state index in [1.165, 1.54) is 31.9 Å². The van der Waals surface area contributed by atoms with Crippen LogP contribution in [-0.2, 0) is 0 Å². The Bertz CT molecular complexity index is 696. The van der Waals surface area contributed by atoms with Crippen LogP contribution in [0.25, 0.3) is 0 Å². The van der Waals surface area contributed by atoms with E-state index in [2.05, 4.69) is 36.5 Å². The highest BCUT2D eigenvalue weighted by molar-refractivity contribution is 9.10. The van der Waals surface area contributed by atoms with Gasteiger partial charge in [0.05, 0.1) is 18.1 Å². The highest BCUT2D eigenvalue weighted by Gasteiger charge is 2.16. The molecule has 0 unspecified atom stereocenters. The van der Waals surface area contributed by atoms with Crippen molar-refractivity contribution < 1.29 is 4.79 Å². The molecule has 3 rings (SSSR count). The monoisotopic (exact) mass is 374 g/mol. The Morgan fingerprint density at radius 3 is 2.65 bits per heavy atom. The molecule has 1 fully saturated rings. The number of hydrogen-bond donors (Lipinski definition) is 2. The number of aryl methyl sites for hydroxylation is 1. The second kappa shape index (κ2) is 7.08. The standard InChI is InChI=1S/C17H19BrN4O/c1-11-6-7-14(13(18)8-11)22-17(23)15-9-20-16(10-19-15)21-12-4-2-3-5-12/h6-10,12H,2-5H2,1H3,(H,20,21)(H,22,23). The van der Waals surface area contributed by atoms with E-state index in [0.717, 1.165) is 21.5 Å². The highest BCUT2D eigenvalue weighted by Crippen LogP contribution is 2.24. The summed E-state index contributed by atoms with van der Waals surface area (Å²) in [6.07, 6.45) is 8.00. The van der Waals surface area contributed by atoms with Gasteiger partial charge in [-0.25, -0.2) is 9.97 Å². The smallest absolute Gasteiger partial charge is 0.275 e. The van der Waals surface area contributed by atoms with Crippen LogP contribution in [0, 0.1) is 6.92 Å². The zero-order chi connectivity index (χ0) is 16.2. The van der Waals surface area contributed by atoms with Gasteiger partial charge in [-0.15, -0.1) is 0 Å². The molecule has 0 aliphatic heterocycles. The fourth-order valence-electron chi connectivity index (χ4n) is 2.71. The lowest BCUT2D eigenvalue weighted by molar-refractivity contribution is 0.102. The van der Waals surface area contributed by atoms with Gasteiger partial charge in [0, 0.05) is 10.5 Å². The summed E-state index contributed by atoms with van der Waals surface area (Å²) >= 11 is 3.45. The number of hydrogen-bond acceptors (Lipinski definition) is 4. The Balaban J connectivity index is 1.65. The molecule has 6 heteroatoms. The number of aromatic nitrogens is 2. The average Bonchev–Trinajstić information content (AvgIpc) is 3.04. The molecule has 2 aromatic rings. The molecule has 0 spiro atoms. The van der Waals surface area contributed by atoms with Gasteiger partial charge in [0.1, 0.15) is 11.5 Å². The number of anilines is 2. The highest BCUT2D eigenvalue weighted by atomic mass is 79.9. The minimum atomic E-state index is -0.269. The topological polar surface area (TPSA) is 66.9 Å². The molecule has 0 saturated heterocycles. The van der Waals surface area contributed by atoms with E-state index in [-0.39, 0.29) is 5.91 Å². The van der Waals surface area contributed by atoms with Gasteiger partial charge in [0.25, 0.3) is 5.91 Å². The van der Waals surface area contributed by atoms with Crippen molar-refractivity contribution in [3.63, 3.8) is 0 Å². The minimum absolute atomic E-state index is 0.269. The Kier molecular flexibility index (Phi) is 4.91. The number of nitrogens with one attached hydrogen (secondary N) is 2. The molecule has 1 aliphatic carbocycles. The van der Waals surface area contributed by atoms with Crippen LogP contribution >= 0.6 is 15.9 Å². The summed E-state index contributed by atoms with van der Waals surface area (Å²) in [5, 5.41) is 6.20. The average molecular weight is 375 g/mol. The molecule has 5 nitrogen and oxygen atoms in total. The molecular formula is C17H19BrN4O. The predicted molar refractivity (Wildman–Crippen MR) is 94.7 cm³/mol. The Hall–Kier alpha value is -1.95. The van der Waals surface area contributed by atoms with Crippen molar-refractivity contribution in [2.45, 2.75) is 38.6 Å². The summed E-state index contributed by atoms with van der Waals surface area (Å²) in [5.74, 6) is 0.458. The third-order valence-electron chi connectivity index (χ3n) is 3.96. The Labute approximate surface area is 144 Å². The molecule has 1 aromatic carbocycles. The molecule has 1 aromatic heterocycles. The van der Waals surface area contributed by atoms with Gasteiger partial charge in [0.15, 0.2) is 0 Å². The molecule has 0 radical (unpaired) electrons. The summed E-state index contributed by atoms with van der Waals surface area (Å²) < 4.78 is 0.846. The van der Waals surface area contributed by atoms with Gasteiger partial charge in [-0.1, -0.05) is 18.9 Å². The zero-order valence-corrected chi connectivity index (χ0v) is 14.6. The number of halogens is 1. The van der Waals surface area contributed by atoms with Gasteiger partial charge >= 0.3 is 0 Å². The van der Waals surface area contributed by atoms with E-state index in [1.54, 1.807) is 6.20 Å². The molecular weight excluding hydrogens is 356 g/mol. The van der Waals surface area contributed by atoms with Crippen molar-refractivity contribution in [2.24, 2.45) is 0 Å². The zero-order valence-electron chi connectivity index (χ0n) is 13.0. The third kappa shape index (κ3) is 4.07. The molecule has 0 bridgehead atoms. The van der Waals surface area contributed by atoms with Gasteiger partial charge in [-0.05, 0) is 53.4 Å². The summed E-state index contributed by atoms with van der Waals surface area (Å²) in [6, 6.07) is 6.24. The van der Waals surface area contributed by atoms with Crippen LogP contribution in [0.5, 0.6) is 0 Å². The van der Waals surface area contributed by atoms with E-state index < -0.39 is 0 Å². The van der Waals surface area contributed by atoms with Crippen molar-refractivity contribution >= 4 is 33.3 Å². The van der Waals surface area contributed by atoms with E-state index in [1.807, 2.05) is 25.1 Å². The lowest BCUT2D eigenvalue weighted by Crippen LogP contribution is -2.18. The van der Waals surface area contributed by atoms with Crippen molar-refractivity contribution in [1.82, 2.24) is 9.97 Å². The molecule has 1 saturated carbocycles. The maximum atomic E-state index is 12.3. The maximum absolute atomic E-state index is 12.3. The predicted octanol–water partition coefficient (Wildman–Crippen LogP) is 4.15. The number of rotatable bonds is 4. The van der Waals surface area contributed by atoms with Crippen LogP contribution in [0.4, 0.5) is 11.5 Å². The summed E-state index contributed by atoms with van der Waals surface area (Å²) in [6.45, 7) is 2.00. The lowest BCUT2D eigenvalue weighted by atomic mass is 10.2. The van der Waals surface area contributed by atoms with Gasteiger partial charge in [0.2, 0.25) is 0 Å². The van der Waals surface area contributed by atoms with Crippen LogP contribution in [-0.4, -0.2) is 21.9 Å². The molecule has 1 amide bonds. The number of carbonyl (C=O) groups is 1. The molecule has 0 atom stereocenters. The first-order valence-electron chi connectivity index (χ1n) is 7.78. The van der Waals surface area contributed by atoms with Gasteiger partial charge in [-0.2, -0.15) is 0 Å². The Morgan fingerprint density at radius 1 is 1.22 bits per heavy atom.